The zero-order valence-electron chi connectivity index (χ0n) is 7.45. The summed E-state index contributed by atoms with van der Waals surface area (Å²) in [5.41, 5.74) is 0.0833. The van der Waals surface area contributed by atoms with Crippen LogP contribution in [0.1, 0.15) is 25.2 Å². The number of aryl methyl sites for hydroxylation is 1. The lowest BCUT2D eigenvalue weighted by atomic mass is 10.2. The molecule has 0 spiro atoms. The van der Waals surface area contributed by atoms with E-state index in [1.807, 2.05) is 0 Å². The standard InChI is InChI=1S/C8H10N2O.CH3/c1-6-2-3-7-9-5-4-8(11)10(6)7;/h4-6H,2-3H2,1H3;1H3/q;+1/t6-;/m1./s1. The van der Waals surface area contributed by atoms with Gasteiger partial charge >= 0.3 is 0 Å². The van der Waals surface area contributed by atoms with Gasteiger partial charge in [-0.3, -0.25) is 9.36 Å². The first-order valence-electron chi connectivity index (χ1n) is 3.85. The summed E-state index contributed by atoms with van der Waals surface area (Å²) in [5.74, 6) is 0.935. The third kappa shape index (κ3) is 1.11. The molecule has 64 valence electrons. The first-order chi connectivity index (χ1) is 5.29. The SMILES string of the molecule is C[C@@H]1CCc2nccc(=O)n21.[CH3+]. The van der Waals surface area contributed by atoms with Gasteiger partial charge in [-0.05, 0) is 13.3 Å². The molecular formula is C9H13N2O+. The highest BCUT2D eigenvalue weighted by molar-refractivity contribution is 5.01. The molecule has 1 aromatic heterocycles. The van der Waals surface area contributed by atoms with Crippen LogP contribution in [0, 0.1) is 7.43 Å². The number of rotatable bonds is 0. The Balaban J connectivity index is 0.000000720. The van der Waals surface area contributed by atoms with Crippen LogP contribution < -0.4 is 5.56 Å². The summed E-state index contributed by atoms with van der Waals surface area (Å²) in [5, 5.41) is 0. The average Bonchev–Trinajstić information content (AvgIpc) is 2.34. The maximum absolute atomic E-state index is 11.2. The first-order valence-corrected chi connectivity index (χ1v) is 3.85. The van der Waals surface area contributed by atoms with Crippen molar-refractivity contribution in [2.24, 2.45) is 0 Å². The predicted molar refractivity (Wildman–Crippen MR) is 47.9 cm³/mol. The topological polar surface area (TPSA) is 34.9 Å². The van der Waals surface area contributed by atoms with Crippen molar-refractivity contribution in [3.05, 3.63) is 35.9 Å². The van der Waals surface area contributed by atoms with E-state index in [4.69, 9.17) is 0 Å². The summed E-state index contributed by atoms with van der Waals surface area (Å²) in [6, 6.07) is 1.86. The van der Waals surface area contributed by atoms with Crippen molar-refractivity contribution in [2.45, 2.75) is 25.8 Å². The highest BCUT2D eigenvalue weighted by atomic mass is 16.1. The summed E-state index contributed by atoms with van der Waals surface area (Å²) in [6.45, 7) is 2.06. The Hall–Kier alpha value is -1.25. The van der Waals surface area contributed by atoms with Gasteiger partial charge in [0.15, 0.2) is 0 Å². The molecule has 3 nitrogen and oxygen atoms in total. The molecule has 0 saturated heterocycles. The second-order valence-electron chi connectivity index (χ2n) is 2.96. The average molecular weight is 165 g/mol. The summed E-state index contributed by atoms with van der Waals surface area (Å²) in [7, 11) is 0. The van der Waals surface area contributed by atoms with Crippen molar-refractivity contribution in [2.75, 3.05) is 0 Å². The van der Waals surface area contributed by atoms with Gasteiger partial charge in [0.25, 0.3) is 5.56 Å². The smallest absolute Gasteiger partial charge is 0.253 e. The number of fused-ring (bicyclic) bond motifs is 1. The van der Waals surface area contributed by atoms with Crippen LogP contribution >= 0.6 is 0 Å². The Labute approximate surface area is 72.1 Å². The highest BCUT2D eigenvalue weighted by Gasteiger charge is 2.18. The molecule has 2 heterocycles. The number of hydrogen-bond acceptors (Lipinski definition) is 2. The minimum Gasteiger partial charge on any atom is -0.294 e. The third-order valence-corrected chi connectivity index (χ3v) is 2.18. The molecule has 0 unspecified atom stereocenters. The molecule has 1 aliphatic rings. The van der Waals surface area contributed by atoms with Crippen LogP contribution in [-0.2, 0) is 6.42 Å². The van der Waals surface area contributed by atoms with Gasteiger partial charge in [-0.1, -0.05) is 0 Å². The molecule has 1 aliphatic heterocycles. The van der Waals surface area contributed by atoms with Crippen molar-refractivity contribution in [3.8, 4) is 0 Å². The number of aromatic nitrogens is 2. The second-order valence-corrected chi connectivity index (χ2v) is 2.96. The monoisotopic (exact) mass is 165 g/mol. The van der Waals surface area contributed by atoms with E-state index in [9.17, 15) is 4.79 Å². The first kappa shape index (κ1) is 8.84. The third-order valence-electron chi connectivity index (χ3n) is 2.18. The maximum Gasteiger partial charge on any atom is 0.253 e. The zero-order valence-corrected chi connectivity index (χ0v) is 7.45. The van der Waals surface area contributed by atoms with Crippen LogP contribution in [0.4, 0.5) is 0 Å². The normalized spacial score (nSPS) is 19.9. The molecule has 0 amide bonds. The van der Waals surface area contributed by atoms with Gasteiger partial charge in [0.2, 0.25) is 0 Å². The van der Waals surface area contributed by atoms with E-state index in [-0.39, 0.29) is 13.0 Å². The molecule has 0 bridgehead atoms. The fraction of sp³-hybridized carbons (Fsp3) is 0.444. The van der Waals surface area contributed by atoms with E-state index in [1.165, 1.54) is 6.07 Å². The fourth-order valence-corrected chi connectivity index (χ4v) is 1.58. The highest BCUT2D eigenvalue weighted by Crippen LogP contribution is 2.19. The molecule has 12 heavy (non-hydrogen) atoms. The Morgan fingerprint density at radius 1 is 1.67 bits per heavy atom. The van der Waals surface area contributed by atoms with Gasteiger partial charge in [-0.15, -0.1) is 0 Å². The second kappa shape index (κ2) is 3.01. The van der Waals surface area contributed by atoms with E-state index in [1.54, 1.807) is 10.8 Å². The lowest BCUT2D eigenvalue weighted by Gasteiger charge is -2.05. The van der Waals surface area contributed by atoms with Gasteiger partial charge in [0, 0.05) is 32.2 Å². The summed E-state index contributed by atoms with van der Waals surface area (Å²) in [6.07, 6.45) is 3.58. The Morgan fingerprint density at radius 2 is 2.42 bits per heavy atom. The van der Waals surface area contributed by atoms with E-state index in [0.717, 1.165) is 18.7 Å². The Kier molecular flexibility index (Phi) is 2.22. The van der Waals surface area contributed by atoms with Crippen LogP contribution in [0.5, 0.6) is 0 Å². The minimum atomic E-state index is 0. The van der Waals surface area contributed by atoms with Gasteiger partial charge in [0.1, 0.15) is 5.82 Å². The van der Waals surface area contributed by atoms with Crippen molar-refractivity contribution >= 4 is 0 Å². The van der Waals surface area contributed by atoms with E-state index in [0.29, 0.717) is 6.04 Å². The minimum absolute atomic E-state index is 0. The molecule has 0 fully saturated rings. The Morgan fingerprint density at radius 3 is 3.08 bits per heavy atom. The Bertz CT molecular complexity index is 330. The van der Waals surface area contributed by atoms with Crippen LogP contribution in [0.15, 0.2) is 17.1 Å². The number of hydrogen-bond donors (Lipinski definition) is 0. The molecule has 2 rings (SSSR count). The van der Waals surface area contributed by atoms with Gasteiger partial charge < -0.3 is 0 Å². The predicted octanol–water partition coefficient (Wildman–Crippen LogP) is 1.20. The van der Waals surface area contributed by atoms with Gasteiger partial charge in [-0.25, -0.2) is 4.98 Å². The number of nitrogens with zero attached hydrogens (tertiary/aromatic N) is 2. The molecule has 0 aromatic carbocycles. The molecule has 0 saturated carbocycles. The van der Waals surface area contributed by atoms with Gasteiger partial charge in [0.05, 0.1) is 0 Å². The van der Waals surface area contributed by atoms with Gasteiger partial charge in [-0.2, -0.15) is 0 Å². The fourth-order valence-electron chi connectivity index (χ4n) is 1.58. The molecule has 3 heteroatoms. The summed E-state index contributed by atoms with van der Waals surface area (Å²) in [4.78, 5) is 15.4. The molecule has 0 N–H and O–H groups in total. The van der Waals surface area contributed by atoms with Crippen molar-refractivity contribution in [1.29, 1.82) is 0 Å². The van der Waals surface area contributed by atoms with E-state index in [2.05, 4.69) is 11.9 Å². The lowest BCUT2D eigenvalue weighted by Crippen LogP contribution is -2.21. The lowest BCUT2D eigenvalue weighted by molar-refractivity contribution is 0.559. The van der Waals surface area contributed by atoms with Crippen LogP contribution in [0.3, 0.4) is 0 Å². The molecule has 0 radical (unpaired) electrons. The van der Waals surface area contributed by atoms with Crippen LogP contribution in [0.2, 0.25) is 0 Å². The largest absolute Gasteiger partial charge is 0.294 e. The van der Waals surface area contributed by atoms with E-state index >= 15 is 0 Å². The van der Waals surface area contributed by atoms with Crippen molar-refractivity contribution in [1.82, 2.24) is 9.55 Å². The summed E-state index contributed by atoms with van der Waals surface area (Å²) >= 11 is 0. The van der Waals surface area contributed by atoms with Crippen LogP contribution in [0.25, 0.3) is 0 Å². The van der Waals surface area contributed by atoms with Crippen molar-refractivity contribution < 1.29 is 0 Å². The molecule has 0 aliphatic carbocycles. The van der Waals surface area contributed by atoms with E-state index < -0.39 is 0 Å². The molecule has 1 aromatic rings. The van der Waals surface area contributed by atoms with Crippen molar-refractivity contribution in [3.63, 3.8) is 0 Å². The summed E-state index contributed by atoms with van der Waals surface area (Å²) < 4.78 is 1.78. The van der Waals surface area contributed by atoms with Crippen LogP contribution in [-0.4, -0.2) is 9.55 Å². The quantitative estimate of drug-likeness (QED) is 0.541. The zero-order chi connectivity index (χ0) is 7.84. The maximum atomic E-state index is 11.2. The molecule has 1 atom stereocenters. The molecular weight excluding hydrogens is 152 g/mol.